The van der Waals surface area contributed by atoms with Crippen molar-refractivity contribution in [2.24, 2.45) is 5.92 Å². The minimum absolute atomic E-state index is 0.592. The molecule has 0 radical (unpaired) electrons. The average molecular weight is 302 g/mol. The standard InChI is InChI=1S/C17H20ClN3/c1-13(2)9-20-10-15-5-6-21(11-15)12-16-4-3-14(8-19)7-17(16)18/h3-7,11,13,20H,9-10,12H2,1-2H3. The van der Waals surface area contributed by atoms with Crippen LogP contribution in [0, 0.1) is 17.2 Å². The van der Waals surface area contributed by atoms with E-state index in [2.05, 4.69) is 48.3 Å². The van der Waals surface area contributed by atoms with Gasteiger partial charge >= 0.3 is 0 Å². The van der Waals surface area contributed by atoms with Crippen LogP contribution < -0.4 is 5.32 Å². The number of halogens is 1. The van der Waals surface area contributed by atoms with Crippen LogP contribution in [-0.2, 0) is 13.1 Å². The van der Waals surface area contributed by atoms with Gasteiger partial charge in [0.05, 0.1) is 11.6 Å². The van der Waals surface area contributed by atoms with Crippen molar-refractivity contribution in [2.45, 2.75) is 26.9 Å². The second kappa shape index (κ2) is 7.31. The molecule has 2 aromatic rings. The second-order valence-electron chi connectivity index (χ2n) is 5.63. The molecule has 1 N–H and O–H groups in total. The summed E-state index contributed by atoms with van der Waals surface area (Å²) >= 11 is 6.21. The minimum Gasteiger partial charge on any atom is -0.350 e. The fraction of sp³-hybridized carbons (Fsp3) is 0.353. The lowest BCUT2D eigenvalue weighted by molar-refractivity contribution is 0.552. The van der Waals surface area contributed by atoms with Gasteiger partial charge in [0.1, 0.15) is 0 Å². The first-order valence-corrected chi connectivity index (χ1v) is 7.50. The Morgan fingerprint density at radius 3 is 2.81 bits per heavy atom. The zero-order valence-corrected chi connectivity index (χ0v) is 13.2. The van der Waals surface area contributed by atoms with Gasteiger partial charge in [0, 0.05) is 30.5 Å². The number of nitrogens with zero attached hydrogens (tertiary/aromatic N) is 2. The second-order valence-corrected chi connectivity index (χ2v) is 6.04. The van der Waals surface area contributed by atoms with E-state index >= 15 is 0 Å². The Balaban J connectivity index is 1.98. The van der Waals surface area contributed by atoms with Crippen molar-refractivity contribution >= 4 is 11.6 Å². The molecule has 0 saturated carbocycles. The third kappa shape index (κ3) is 4.63. The molecule has 1 aromatic heterocycles. The normalized spacial score (nSPS) is 10.8. The van der Waals surface area contributed by atoms with Crippen LogP contribution in [0.2, 0.25) is 5.02 Å². The Labute approximate surface area is 131 Å². The van der Waals surface area contributed by atoms with E-state index < -0.39 is 0 Å². The van der Waals surface area contributed by atoms with Gasteiger partial charge in [0.25, 0.3) is 0 Å². The largest absolute Gasteiger partial charge is 0.350 e. The first kappa shape index (κ1) is 15.6. The predicted molar refractivity (Wildman–Crippen MR) is 86.2 cm³/mol. The Kier molecular flexibility index (Phi) is 5.44. The van der Waals surface area contributed by atoms with E-state index in [1.54, 1.807) is 12.1 Å². The number of benzene rings is 1. The average Bonchev–Trinajstić information content (AvgIpc) is 2.88. The van der Waals surface area contributed by atoms with Crippen molar-refractivity contribution in [2.75, 3.05) is 6.54 Å². The molecule has 0 amide bonds. The SMILES string of the molecule is CC(C)CNCc1ccn(Cc2ccc(C#N)cc2Cl)c1. The van der Waals surface area contributed by atoms with Gasteiger partial charge < -0.3 is 9.88 Å². The molecule has 0 unspecified atom stereocenters. The molecule has 3 nitrogen and oxygen atoms in total. The third-order valence-electron chi connectivity index (χ3n) is 3.23. The van der Waals surface area contributed by atoms with E-state index in [1.807, 2.05) is 6.07 Å². The number of nitriles is 1. The Morgan fingerprint density at radius 1 is 1.33 bits per heavy atom. The molecule has 0 atom stereocenters. The Morgan fingerprint density at radius 2 is 2.14 bits per heavy atom. The van der Waals surface area contributed by atoms with Gasteiger partial charge in [-0.15, -0.1) is 0 Å². The molecule has 1 heterocycles. The molecule has 0 saturated heterocycles. The van der Waals surface area contributed by atoms with Crippen LogP contribution in [0.5, 0.6) is 0 Å². The summed E-state index contributed by atoms with van der Waals surface area (Å²) in [7, 11) is 0. The van der Waals surface area contributed by atoms with Crippen molar-refractivity contribution in [1.82, 2.24) is 9.88 Å². The monoisotopic (exact) mass is 301 g/mol. The zero-order chi connectivity index (χ0) is 15.2. The van der Waals surface area contributed by atoms with Gasteiger partial charge in [0.15, 0.2) is 0 Å². The quantitative estimate of drug-likeness (QED) is 0.881. The fourth-order valence-corrected chi connectivity index (χ4v) is 2.38. The predicted octanol–water partition coefficient (Wildman–Crippen LogP) is 3.81. The zero-order valence-electron chi connectivity index (χ0n) is 12.4. The van der Waals surface area contributed by atoms with Crippen LogP contribution >= 0.6 is 11.6 Å². The van der Waals surface area contributed by atoms with Crippen molar-refractivity contribution in [1.29, 1.82) is 5.26 Å². The van der Waals surface area contributed by atoms with Crippen molar-refractivity contribution in [3.05, 3.63) is 58.4 Å². The van der Waals surface area contributed by atoms with Crippen LogP contribution in [0.15, 0.2) is 36.7 Å². The van der Waals surface area contributed by atoms with E-state index in [-0.39, 0.29) is 0 Å². The molecule has 0 aliphatic carbocycles. The summed E-state index contributed by atoms with van der Waals surface area (Å²) in [5.41, 5.74) is 2.88. The fourth-order valence-electron chi connectivity index (χ4n) is 2.14. The van der Waals surface area contributed by atoms with Crippen LogP contribution in [0.4, 0.5) is 0 Å². The van der Waals surface area contributed by atoms with Gasteiger partial charge in [-0.05, 0) is 41.8 Å². The van der Waals surface area contributed by atoms with Crippen LogP contribution in [0.25, 0.3) is 0 Å². The molecule has 0 bridgehead atoms. The van der Waals surface area contributed by atoms with Gasteiger partial charge in [-0.1, -0.05) is 31.5 Å². The lowest BCUT2D eigenvalue weighted by atomic mass is 10.1. The molecule has 1 aromatic carbocycles. The van der Waals surface area contributed by atoms with E-state index in [0.29, 0.717) is 23.0 Å². The lowest BCUT2D eigenvalue weighted by Crippen LogP contribution is -2.18. The number of hydrogen-bond donors (Lipinski definition) is 1. The maximum atomic E-state index is 8.85. The van der Waals surface area contributed by atoms with E-state index in [9.17, 15) is 0 Å². The topological polar surface area (TPSA) is 40.8 Å². The first-order chi connectivity index (χ1) is 10.1. The first-order valence-electron chi connectivity index (χ1n) is 7.12. The maximum absolute atomic E-state index is 8.85. The summed E-state index contributed by atoms with van der Waals surface area (Å²) in [6.45, 7) is 7.02. The summed E-state index contributed by atoms with van der Waals surface area (Å²) in [6, 6.07) is 9.64. The molecule has 0 spiro atoms. The summed E-state index contributed by atoms with van der Waals surface area (Å²) in [6.07, 6.45) is 4.18. The molecule has 2 rings (SSSR count). The van der Waals surface area contributed by atoms with Crippen LogP contribution in [-0.4, -0.2) is 11.1 Å². The van der Waals surface area contributed by atoms with Crippen LogP contribution in [0.1, 0.15) is 30.5 Å². The van der Waals surface area contributed by atoms with Crippen molar-refractivity contribution < 1.29 is 0 Å². The van der Waals surface area contributed by atoms with E-state index in [4.69, 9.17) is 16.9 Å². The molecule has 0 fully saturated rings. The molecular weight excluding hydrogens is 282 g/mol. The van der Waals surface area contributed by atoms with Crippen LogP contribution in [0.3, 0.4) is 0 Å². The van der Waals surface area contributed by atoms with Gasteiger partial charge in [-0.3, -0.25) is 0 Å². The number of aromatic nitrogens is 1. The highest BCUT2D eigenvalue weighted by Gasteiger charge is 2.04. The highest BCUT2D eigenvalue weighted by Crippen LogP contribution is 2.19. The molecule has 4 heteroatoms. The maximum Gasteiger partial charge on any atom is 0.0992 e. The minimum atomic E-state index is 0.592. The van der Waals surface area contributed by atoms with Gasteiger partial charge in [-0.2, -0.15) is 5.26 Å². The van der Waals surface area contributed by atoms with Crippen molar-refractivity contribution in [3.63, 3.8) is 0 Å². The Hall–Kier alpha value is -1.76. The summed E-state index contributed by atoms with van der Waals surface area (Å²) in [5.74, 6) is 0.657. The highest BCUT2D eigenvalue weighted by molar-refractivity contribution is 6.31. The van der Waals surface area contributed by atoms with E-state index in [0.717, 1.165) is 18.7 Å². The number of hydrogen-bond acceptors (Lipinski definition) is 2. The lowest BCUT2D eigenvalue weighted by Gasteiger charge is -2.07. The smallest absolute Gasteiger partial charge is 0.0992 e. The summed E-state index contributed by atoms with van der Waals surface area (Å²) < 4.78 is 2.11. The summed E-state index contributed by atoms with van der Waals surface area (Å²) in [5, 5.41) is 12.9. The molecule has 110 valence electrons. The van der Waals surface area contributed by atoms with E-state index in [1.165, 1.54) is 5.56 Å². The number of rotatable bonds is 6. The molecule has 21 heavy (non-hydrogen) atoms. The molecule has 0 aliphatic rings. The highest BCUT2D eigenvalue weighted by atomic mass is 35.5. The molecular formula is C17H20ClN3. The molecule has 0 aliphatic heterocycles. The van der Waals surface area contributed by atoms with Gasteiger partial charge in [-0.25, -0.2) is 0 Å². The number of nitrogens with one attached hydrogen (secondary N) is 1. The third-order valence-corrected chi connectivity index (χ3v) is 3.58. The van der Waals surface area contributed by atoms with Crippen molar-refractivity contribution in [3.8, 4) is 6.07 Å². The summed E-state index contributed by atoms with van der Waals surface area (Å²) in [4.78, 5) is 0. The van der Waals surface area contributed by atoms with Gasteiger partial charge in [0.2, 0.25) is 0 Å². The Bertz CT molecular complexity index is 638.